The first-order chi connectivity index (χ1) is 6.32. The minimum Gasteiger partial charge on any atom is -0.423 e. The molecule has 3 nitrogen and oxygen atoms in total. The first-order valence-corrected chi connectivity index (χ1v) is 4.66. The Morgan fingerprint density at radius 1 is 1.21 bits per heavy atom. The van der Waals surface area contributed by atoms with Gasteiger partial charge in [-0.05, 0) is 13.0 Å². The summed E-state index contributed by atoms with van der Waals surface area (Å²) in [7, 11) is -1.43. The van der Waals surface area contributed by atoms with Gasteiger partial charge in [0.15, 0.2) is 0 Å². The number of rotatable bonds is 1. The molecular weight excluding hydrogens is 177 g/mol. The van der Waals surface area contributed by atoms with E-state index in [0.717, 1.165) is 5.69 Å². The maximum atomic E-state index is 9.01. The van der Waals surface area contributed by atoms with Crippen LogP contribution in [-0.2, 0) is 5.41 Å². The second-order valence-electron chi connectivity index (χ2n) is 4.49. The molecule has 1 aromatic rings. The Balaban J connectivity index is 3.13. The van der Waals surface area contributed by atoms with Crippen molar-refractivity contribution in [2.45, 2.75) is 33.1 Å². The maximum Gasteiger partial charge on any atom is 0.490 e. The Labute approximate surface area is 85.0 Å². The highest BCUT2D eigenvalue weighted by atomic mass is 16.4. The molecule has 0 aromatic carbocycles. The Morgan fingerprint density at radius 2 is 1.79 bits per heavy atom. The Bertz CT molecular complexity index is 331. The van der Waals surface area contributed by atoms with E-state index in [-0.39, 0.29) is 5.41 Å². The SMILES string of the molecule is Cc1nc(C(C)(C)C)ccc1B(O)O. The zero-order valence-electron chi connectivity index (χ0n) is 9.07. The van der Waals surface area contributed by atoms with Crippen molar-refractivity contribution in [2.75, 3.05) is 0 Å². The van der Waals surface area contributed by atoms with Crippen molar-refractivity contribution in [3.05, 3.63) is 23.5 Å². The Hall–Kier alpha value is -0.865. The van der Waals surface area contributed by atoms with Gasteiger partial charge in [0.25, 0.3) is 0 Å². The zero-order valence-corrected chi connectivity index (χ0v) is 9.07. The number of pyridine rings is 1. The van der Waals surface area contributed by atoms with Crippen molar-refractivity contribution in [3.8, 4) is 0 Å². The molecule has 0 aliphatic rings. The van der Waals surface area contributed by atoms with Crippen molar-refractivity contribution >= 4 is 12.6 Å². The van der Waals surface area contributed by atoms with Gasteiger partial charge in [-0.2, -0.15) is 0 Å². The second-order valence-corrected chi connectivity index (χ2v) is 4.49. The van der Waals surface area contributed by atoms with Crippen LogP contribution in [0.15, 0.2) is 12.1 Å². The van der Waals surface area contributed by atoms with Crippen LogP contribution in [0.4, 0.5) is 0 Å². The van der Waals surface area contributed by atoms with E-state index in [1.165, 1.54) is 0 Å². The van der Waals surface area contributed by atoms with Gasteiger partial charge in [-0.15, -0.1) is 0 Å². The van der Waals surface area contributed by atoms with E-state index in [4.69, 9.17) is 10.0 Å². The standard InChI is InChI=1S/C10H16BNO2/c1-7-8(11(13)14)5-6-9(12-7)10(2,3)4/h5-6,13-14H,1-4H3. The number of nitrogens with zero attached hydrogens (tertiary/aromatic N) is 1. The van der Waals surface area contributed by atoms with Crippen LogP contribution < -0.4 is 5.46 Å². The molecule has 4 heteroatoms. The molecule has 0 saturated carbocycles. The van der Waals surface area contributed by atoms with Gasteiger partial charge in [-0.3, -0.25) is 4.98 Å². The molecule has 76 valence electrons. The lowest BCUT2D eigenvalue weighted by atomic mass is 9.78. The van der Waals surface area contributed by atoms with Crippen molar-refractivity contribution in [2.24, 2.45) is 0 Å². The molecule has 0 amide bonds. The van der Waals surface area contributed by atoms with Gasteiger partial charge in [0.2, 0.25) is 0 Å². The third kappa shape index (κ3) is 2.33. The van der Waals surface area contributed by atoms with E-state index in [2.05, 4.69) is 25.8 Å². The monoisotopic (exact) mass is 193 g/mol. The van der Waals surface area contributed by atoms with Gasteiger partial charge < -0.3 is 10.0 Å². The zero-order chi connectivity index (χ0) is 10.9. The Kier molecular flexibility index (Phi) is 2.97. The molecule has 1 rings (SSSR count). The van der Waals surface area contributed by atoms with Gasteiger partial charge in [-0.25, -0.2) is 0 Å². The minimum atomic E-state index is -1.43. The second kappa shape index (κ2) is 3.71. The molecule has 0 aliphatic carbocycles. The van der Waals surface area contributed by atoms with Crippen molar-refractivity contribution in [3.63, 3.8) is 0 Å². The summed E-state index contributed by atoms with van der Waals surface area (Å²) in [4.78, 5) is 4.35. The fourth-order valence-corrected chi connectivity index (χ4v) is 1.26. The summed E-state index contributed by atoms with van der Waals surface area (Å²) in [6.07, 6.45) is 0. The minimum absolute atomic E-state index is 0.0102. The van der Waals surface area contributed by atoms with Crippen LogP contribution >= 0.6 is 0 Å². The van der Waals surface area contributed by atoms with Crippen LogP contribution in [0.2, 0.25) is 0 Å². The molecular formula is C10H16BNO2. The van der Waals surface area contributed by atoms with Gasteiger partial charge in [0, 0.05) is 22.3 Å². The average Bonchev–Trinajstić information content (AvgIpc) is 2.01. The summed E-state index contributed by atoms with van der Waals surface area (Å²) >= 11 is 0. The normalized spacial score (nSPS) is 11.6. The predicted molar refractivity (Wildman–Crippen MR) is 57.5 cm³/mol. The Morgan fingerprint density at radius 3 is 2.14 bits per heavy atom. The van der Waals surface area contributed by atoms with Crippen molar-refractivity contribution in [1.82, 2.24) is 4.98 Å². The van der Waals surface area contributed by atoms with Gasteiger partial charge in [0.1, 0.15) is 0 Å². The van der Waals surface area contributed by atoms with Crippen molar-refractivity contribution < 1.29 is 10.0 Å². The lowest BCUT2D eigenvalue weighted by Gasteiger charge is -2.19. The number of hydrogen-bond donors (Lipinski definition) is 2. The van der Waals surface area contributed by atoms with Crippen LogP contribution in [0.5, 0.6) is 0 Å². The third-order valence-corrected chi connectivity index (χ3v) is 2.17. The lowest BCUT2D eigenvalue weighted by molar-refractivity contribution is 0.425. The molecule has 0 saturated heterocycles. The molecule has 0 bridgehead atoms. The molecule has 0 atom stereocenters. The molecule has 0 radical (unpaired) electrons. The summed E-state index contributed by atoms with van der Waals surface area (Å²) in [5.74, 6) is 0. The van der Waals surface area contributed by atoms with Crippen LogP contribution in [0, 0.1) is 6.92 Å². The van der Waals surface area contributed by atoms with E-state index < -0.39 is 7.12 Å². The number of aryl methyl sites for hydroxylation is 1. The van der Waals surface area contributed by atoms with Gasteiger partial charge >= 0.3 is 7.12 Å². The first kappa shape index (κ1) is 11.2. The third-order valence-electron chi connectivity index (χ3n) is 2.17. The predicted octanol–water partition coefficient (Wildman–Crippen LogP) is 0.367. The van der Waals surface area contributed by atoms with Crippen LogP contribution in [0.3, 0.4) is 0 Å². The first-order valence-electron chi connectivity index (χ1n) is 4.66. The highest BCUT2D eigenvalue weighted by Gasteiger charge is 2.19. The molecule has 0 aliphatic heterocycles. The summed E-state index contributed by atoms with van der Waals surface area (Å²) in [5, 5.41) is 18.0. The van der Waals surface area contributed by atoms with E-state index in [1.54, 1.807) is 13.0 Å². The van der Waals surface area contributed by atoms with Crippen molar-refractivity contribution in [1.29, 1.82) is 0 Å². The molecule has 0 fully saturated rings. The van der Waals surface area contributed by atoms with Crippen LogP contribution in [0.25, 0.3) is 0 Å². The number of aromatic nitrogens is 1. The van der Waals surface area contributed by atoms with Gasteiger partial charge in [0.05, 0.1) is 0 Å². The maximum absolute atomic E-state index is 9.01. The summed E-state index contributed by atoms with van der Waals surface area (Å²) in [6, 6.07) is 3.55. The van der Waals surface area contributed by atoms with Crippen LogP contribution in [-0.4, -0.2) is 22.2 Å². The molecule has 1 aromatic heterocycles. The topological polar surface area (TPSA) is 53.4 Å². The smallest absolute Gasteiger partial charge is 0.423 e. The quantitative estimate of drug-likeness (QED) is 0.633. The summed E-state index contributed by atoms with van der Waals surface area (Å²) in [5.41, 5.74) is 2.09. The lowest BCUT2D eigenvalue weighted by Crippen LogP contribution is -2.33. The highest BCUT2D eigenvalue weighted by Crippen LogP contribution is 2.19. The van der Waals surface area contributed by atoms with Crippen LogP contribution in [0.1, 0.15) is 32.2 Å². The highest BCUT2D eigenvalue weighted by molar-refractivity contribution is 6.59. The number of hydrogen-bond acceptors (Lipinski definition) is 3. The van der Waals surface area contributed by atoms with Gasteiger partial charge in [-0.1, -0.05) is 26.8 Å². The van der Waals surface area contributed by atoms with E-state index in [9.17, 15) is 0 Å². The fraction of sp³-hybridized carbons (Fsp3) is 0.500. The summed E-state index contributed by atoms with van der Waals surface area (Å²) in [6.45, 7) is 8.00. The molecule has 0 spiro atoms. The molecule has 1 heterocycles. The molecule has 14 heavy (non-hydrogen) atoms. The largest absolute Gasteiger partial charge is 0.490 e. The van der Waals surface area contributed by atoms with E-state index in [0.29, 0.717) is 11.2 Å². The fourth-order valence-electron chi connectivity index (χ4n) is 1.26. The molecule has 2 N–H and O–H groups in total. The van der Waals surface area contributed by atoms with E-state index >= 15 is 0 Å². The summed E-state index contributed by atoms with van der Waals surface area (Å²) < 4.78 is 0. The average molecular weight is 193 g/mol. The molecule has 0 unspecified atom stereocenters. The van der Waals surface area contributed by atoms with E-state index in [1.807, 2.05) is 6.07 Å².